The van der Waals surface area contributed by atoms with Crippen molar-refractivity contribution >= 4 is 0 Å². The third-order valence-electron chi connectivity index (χ3n) is 3.85. The number of ether oxygens (including phenoxy) is 3. The second kappa shape index (κ2) is 10.7. The molecule has 0 aliphatic carbocycles. The zero-order valence-corrected chi connectivity index (χ0v) is 15.4. The summed E-state index contributed by atoms with van der Waals surface area (Å²) in [6.45, 7) is 5.83. The Morgan fingerprint density at radius 3 is 2.69 bits per heavy atom. The molecule has 0 saturated carbocycles. The summed E-state index contributed by atoms with van der Waals surface area (Å²) in [4.78, 5) is 2.08. The summed E-state index contributed by atoms with van der Waals surface area (Å²) in [5, 5.41) is 10.3. The summed E-state index contributed by atoms with van der Waals surface area (Å²) in [6, 6.07) is 9.53. The average Bonchev–Trinajstić information content (AvgIpc) is 3.14. The Balaban J connectivity index is 2.11. The Hall–Kier alpha value is -2.28. The number of methoxy groups -OCH3 is 2. The summed E-state index contributed by atoms with van der Waals surface area (Å²) < 4.78 is 21.7. The molecule has 0 fully saturated rings. The minimum absolute atomic E-state index is 0.246. The van der Waals surface area contributed by atoms with Crippen molar-refractivity contribution in [2.75, 3.05) is 34.0 Å². The van der Waals surface area contributed by atoms with E-state index < -0.39 is 6.10 Å². The fraction of sp³-hybridized carbons (Fsp3) is 0.400. The van der Waals surface area contributed by atoms with Gasteiger partial charge in [-0.25, -0.2) is 0 Å². The van der Waals surface area contributed by atoms with E-state index in [-0.39, 0.29) is 6.61 Å². The molecule has 142 valence electrons. The van der Waals surface area contributed by atoms with Gasteiger partial charge in [0.05, 0.1) is 46.3 Å². The molecule has 0 unspecified atom stereocenters. The van der Waals surface area contributed by atoms with Gasteiger partial charge < -0.3 is 23.7 Å². The highest BCUT2D eigenvalue weighted by Gasteiger charge is 2.18. The molecule has 1 aromatic heterocycles. The molecule has 26 heavy (non-hydrogen) atoms. The topological polar surface area (TPSA) is 64.3 Å². The molecule has 0 radical (unpaired) electrons. The van der Waals surface area contributed by atoms with Crippen LogP contribution in [0.25, 0.3) is 0 Å². The molecule has 0 aliphatic heterocycles. The van der Waals surface area contributed by atoms with E-state index in [2.05, 4.69) is 11.5 Å². The lowest BCUT2D eigenvalue weighted by atomic mass is 10.1. The van der Waals surface area contributed by atoms with E-state index in [0.29, 0.717) is 37.7 Å². The van der Waals surface area contributed by atoms with Crippen LogP contribution in [0.1, 0.15) is 11.3 Å². The summed E-state index contributed by atoms with van der Waals surface area (Å²) >= 11 is 0. The number of hydrogen-bond donors (Lipinski definition) is 1. The van der Waals surface area contributed by atoms with Crippen molar-refractivity contribution < 1.29 is 23.7 Å². The van der Waals surface area contributed by atoms with Gasteiger partial charge in [0, 0.05) is 18.7 Å². The van der Waals surface area contributed by atoms with Gasteiger partial charge in [0.25, 0.3) is 0 Å². The van der Waals surface area contributed by atoms with E-state index in [1.807, 2.05) is 30.3 Å². The first kappa shape index (κ1) is 20.0. The fourth-order valence-electron chi connectivity index (χ4n) is 2.77. The van der Waals surface area contributed by atoms with Crippen LogP contribution in [0.3, 0.4) is 0 Å². The SMILES string of the molecule is C=CCOC[C@@H](O)CN(Cc1ccco1)Cc1cccc(OC)c1OC. The molecule has 0 bridgehead atoms. The Bertz CT molecular complexity index is 656. The van der Waals surface area contributed by atoms with Crippen molar-refractivity contribution in [3.05, 3.63) is 60.6 Å². The predicted octanol–water partition coefficient (Wildman–Crippen LogP) is 2.86. The van der Waals surface area contributed by atoms with Gasteiger partial charge in [-0.05, 0) is 18.2 Å². The largest absolute Gasteiger partial charge is 0.493 e. The highest BCUT2D eigenvalue weighted by atomic mass is 16.5. The third kappa shape index (κ3) is 5.91. The number of benzene rings is 1. The lowest BCUT2D eigenvalue weighted by molar-refractivity contribution is 0.0214. The van der Waals surface area contributed by atoms with Gasteiger partial charge in [-0.3, -0.25) is 4.90 Å². The van der Waals surface area contributed by atoms with Crippen LogP contribution in [0, 0.1) is 0 Å². The quantitative estimate of drug-likeness (QED) is 0.463. The molecule has 1 heterocycles. The van der Waals surface area contributed by atoms with Crippen molar-refractivity contribution in [3.8, 4) is 11.5 Å². The standard InChI is InChI=1S/C20H27NO5/c1-4-10-25-15-17(22)13-21(14-18-8-6-11-26-18)12-16-7-5-9-19(23-2)20(16)24-3/h4-9,11,17,22H,1,10,12-15H2,2-3H3/t17-/m0/s1. The van der Waals surface area contributed by atoms with Crippen molar-refractivity contribution in [1.29, 1.82) is 0 Å². The minimum atomic E-state index is -0.624. The molecule has 1 atom stereocenters. The van der Waals surface area contributed by atoms with Crippen molar-refractivity contribution in [3.63, 3.8) is 0 Å². The van der Waals surface area contributed by atoms with Gasteiger partial charge in [0.1, 0.15) is 5.76 Å². The highest BCUT2D eigenvalue weighted by Crippen LogP contribution is 2.31. The van der Waals surface area contributed by atoms with Gasteiger partial charge in [0.15, 0.2) is 11.5 Å². The van der Waals surface area contributed by atoms with E-state index in [0.717, 1.165) is 11.3 Å². The highest BCUT2D eigenvalue weighted by molar-refractivity contribution is 5.46. The van der Waals surface area contributed by atoms with E-state index >= 15 is 0 Å². The monoisotopic (exact) mass is 361 g/mol. The first-order chi connectivity index (χ1) is 12.7. The van der Waals surface area contributed by atoms with Gasteiger partial charge in [-0.1, -0.05) is 18.2 Å². The fourth-order valence-corrected chi connectivity index (χ4v) is 2.77. The Morgan fingerprint density at radius 2 is 2.04 bits per heavy atom. The first-order valence-electron chi connectivity index (χ1n) is 8.49. The Labute approximate surface area is 154 Å². The number of hydrogen-bond acceptors (Lipinski definition) is 6. The maximum Gasteiger partial charge on any atom is 0.165 e. The summed E-state index contributed by atoms with van der Waals surface area (Å²) in [5.41, 5.74) is 0.970. The normalized spacial score (nSPS) is 12.2. The number of furan rings is 1. The molecule has 0 aliphatic rings. The summed E-state index contributed by atoms with van der Waals surface area (Å²) in [6.07, 6.45) is 2.68. The number of nitrogens with zero attached hydrogens (tertiary/aromatic N) is 1. The molecule has 0 amide bonds. The van der Waals surface area contributed by atoms with E-state index in [9.17, 15) is 5.11 Å². The Kier molecular flexibility index (Phi) is 8.21. The van der Waals surface area contributed by atoms with E-state index in [1.165, 1.54) is 0 Å². The van der Waals surface area contributed by atoms with Gasteiger partial charge in [-0.15, -0.1) is 6.58 Å². The number of aliphatic hydroxyl groups is 1. The second-order valence-electron chi connectivity index (χ2n) is 5.88. The van der Waals surface area contributed by atoms with Gasteiger partial charge in [0.2, 0.25) is 0 Å². The van der Waals surface area contributed by atoms with Gasteiger partial charge >= 0.3 is 0 Å². The van der Waals surface area contributed by atoms with Gasteiger partial charge in [-0.2, -0.15) is 0 Å². The minimum Gasteiger partial charge on any atom is -0.493 e. The first-order valence-corrected chi connectivity index (χ1v) is 8.49. The maximum atomic E-state index is 10.3. The van der Waals surface area contributed by atoms with Crippen molar-refractivity contribution in [2.45, 2.75) is 19.2 Å². The van der Waals surface area contributed by atoms with Crippen LogP contribution >= 0.6 is 0 Å². The Morgan fingerprint density at radius 1 is 1.19 bits per heavy atom. The maximum absolute atomic E-state index is 10.3. The molecule has 2 rings (SSSR count). The smallest absolute Gasteiger partial charge is 0.165 e. The zero-order chi connectivity index (χ0) is 18.8. The summed E-state index contributed by atoms with van der Waals surface area (Å²) in [5.74, 6) is 2.20. The number of rotatable bonds is 12. The third-order valence-corrected chi connectivity index (χ3v) is 3.85. The summed E-state index contributed by atoms with van der Waals surface area (Å²) in [7, 11) is 3.24. The number of para-hydroxylation sites is 1. The number of aliphatic hydroxyl groups excluding tert-OH is 1. The van der Waals surface area contributed by atoms with Crippen LogP contribution < -0.4 is 9.47 Å². The van der Waals surface area contributed by atoms with Crippen LogP contribution in [0.5, 0.6) is 11.5 Å². The predicted molar refractivity (Wildman–Crippen MR) is 99.4 cm³/mol. The average molecular weight is 361 g/mol. The molecule has 0 spiro atoms. The molecular weight excluding hydrogens is 334 g/mol. The molecule has 1 N–H and O–H groups in total. The molecule has 6 nitrogen and oxygen atoms in total. The van der Waals surface area contributed by atoms with Crippen LogP contribution in [-0.2, 0) is 17.8 Å². The van der Waals surface area contributed by atoms with E-state index in [1.54, 1.807) is 26.6 Å². The lowest BCUT2D eigenvalue weighted by Gasteiger charge is -2.25. The van der Waals surface area contributed by atoms with Crippen LogP contribution in [0.2, 0.25) is 0 Å². The molecular formula is C20H27NO5. The second-order valence-corrected chi connectivity index (χ2v) is 5.88. The van der Waals surface area contributed by atoms with Crippen molar-refractivity contribution in [2.24, 2.45) is 0 Å². The molecule has 6 heteroatoms. The van der Waals surface area contributed by atoms with Crippen molar-refractivity contribution in [1.82, 2.24) is 4.90 Å². The zero-order valence-electron chi connectivity index (χ0n) is 15.4. The lowest BCUT2D eigenvalue weighted by Crippen LogP contribution is -2.34. The van der Waals surface area contributed by atoms with Crippen LogP contribution in [0.4, 0.5) is 0 Å². The molecule has 1 aromatic carbocycles. The van der Waals surface area contributed by atoms with E-state index in [4.69, 9.17) is 18.6 Å². The van der Waals surface area contributed by atoms with Crippen LogP contribution in [0.15, 0.2) is 53.7 Å². The molecule has 0 saturated heterocycles. The molecule has 2 aromatic rings. The van der Waals surface area contributed by atoms with Crippen LogP contribution in [-0.4, -0.2) is 50.1 Å².